The van der Waals surface area contributed by atoms with Gasteiger partial charge in [0.2, 0.25) is 0 Å². The highest BCUT2D eigenvalue weighted by atomic mass is 79.9. The van der Waals surface area contributed by atoms with E-state index in [9.17, 15) is 4.79 Å². The van der Waals surface area contributed by atoms with Crippen LogP contribution in [0.4, 0.5) is 11.5 Å². The van der Waals surface area contributed by atoms with Crippen molar-refractivity contribution in [2.24, 2.45) is 0 Å². The summed E-state index contributed by atoms with van der Waals surface area (Å²) in [5.41, 5.74) is 1.01. The number of carbonyl (C=O) groups excluding carboxylic acids is 1. The zero-order chi connectivity index (χ0) is 16.4. The van der Waals surface area contributed by atoms with Crippen molar-refractivity contribution >= 4 is 33.3 Å². The molecule has 0 N–H and O–H groups in total. The van der Waals surface area contributed by atoms with Crippen molar-refractivity contribution in [1.29, 1.82) is 0 Å². The molecule has 1 saturated heterocycles. The summed E-state index contributed by atoms with van der Waals surface area (Å²) in [6.45, 7) is 2.70. The number of nitrogens with zero attached hydrogens (tertiary/aromatic N) is 5. The third-order valence-electron chi connectivity index (χ3n) is 3.82. The lowest BCUT2D eigenvalue weighted by atomic mass is 10.2. The minimum absolute atomic E-state index is 0.0801. The predicted molar refractivity (Wildman–Crippen MR) is 90.9 cm³/mol. The van der Waals surface area contributed by atoms with Crippen LogP contribution < -0.4 is 9.80 Å². The zero-order valence-corrected chi connectivity index (χ0v) is 14.7. The van der Waals surface area contributed by atoms with Gasteiger partial charge in [0, 0.05) is 46.3 Å². The number of hydrogen-bond acceptors (Lipinski definition) is 6. The number of anilines is 2. The number of piperazine rings is 1. The molecule has 2 aromatic rings. The summed E-state index contributed by atoms with van der Waals surface area (Å²) in [5.74, 6) is 1.12. The topological polar surface area (TPSA) is 65.7 Å². The molecule has 0 aliphatic carbocycles. The van der Waals surface area contributed by atoms with Gasteiger partial charge in [0.25, 0.3) is 5.91 Å². The SMILES string of the molecule is CN(C)c1cnnc(N2CCN(C(=O)c3ccc(Br)o3)CC2)c1. The van der Waals surface area contributed by atoms with Gasteiger partial charge in [0.1, 0.15) is 0 Å². The molecule has 122 valence electrons. The molecule has 1 aliphatic heterocycles. The van der Waals surface area contributed by atoms with E-state index in [1.807, 2.05) is 25.1 Å². The second kappa shape index (κ2) is 6.57. The highest BCUT2D eigenvalue weighted by molar-refractivity contribution is 9.10. The van der Waals surface area contributed by atoms with E-state index in [0.29, 0.717) is 23.5 Å². The molecule has 0 aromatic carbocycles. The van der Waals surface area contributed by atoms with E-state index in [2.05, 4.69) is 31.0 Å². The van der Waals surface area contributed by atoms with E-state index in [0.717, 1.165) is 24.6 Å². The van der Waals surface area contributed by atoms with Crippen LogP contribution in [0, 0.1) is 0 Å². The molecule has 1 aliphatic rings. The predicted octanol–water partition coefficient (Wildman–Crippen LogP) is 1.86. The molecular weight excluding hydrogens is 362 g/mol. The standard InChI is InChI=1S/C15H18BrN5O2/c1-19(2)11-9-14(18-17-10-11)20-5-7-21(8-6-20)15(22)12-3-4-13(16)23-12/h3-4,9-10H,5-8H2,1-2H3. The fourth-order valence-electron chi connectivity index (χ4n) is 2.47. The first kappa shape index (κ1) is 15.8. The molecule has 1 amide bonds. The Balaban J connectivity index is 1.64. The molecule has 3 heterocycles. The molecule has 0 bridgehead atoms. The summed E-state index contributed by atoms with van der Waals surface area (Å²) >= 11 is 3.22. The molecule has 0 atom stereocenters. The molecule has 1 fully saturated rings. The van der Waals surface area contributed by atoms with Crippen LogP contribution in [0.1, 0.15) is 10.6 Å². The number of aromatic nitrogens is 2. The largest absolute Gasteiger partial charge is 0.444 e. The summed E-state index contributed by atoms with van der Waals surface area (Å²) < 4.78 is 5.90. The molecule has 0 saturated carbocycles. The van der Waals surface area contributed by atoms with E-state index >= 15 is 0 Å². The summed E-state index contributed by atoms with van der Waals surface area (Å²) in [6, 6.07) is 5.42. The van der Waals surface area contributed by atoms with E-state index in [1.54, 1.807) is 23.2 Å². The van der Waals surface area contributed by atoms with Gasteiger partial charge in [-0.05, 0) is 28.1 Å². The molecular formula is C15H18BrN5O2. The van der Waals surface area contributed by atoms with Crippen LogP contribution >= 0.6 is 15.9 Å². The lowest BCUT2D eigenvalue weighted by Crippen LogP contribution is -2.49. The number of hydrogen-bond donors (Lipinski definition) is 0. The fourth-order valence-corrected chi connectivity index (χ4v) is 2.77. The molecule has 3 rings (SSSR count). The maximum atomic E-state index is 12.4. The van der Waals surface area contributed by atoms with Crippen molar-refractivity contribution in [1.82, 2.24) is 15.1 Å². The van der Waals surface area contributed by atoms with Gasteiger partial charge in [-0.1, -0.05) is 0 Å². The molecule has 2 aromatic heterocycles. The van der Waals surface area contributed by atoms with Gasteiger partial charge in [-0.25, -0.2) is 0 Å². The van der Waals surface area contributed by atoms with Crippen molar-refractivity contribution in [3.05, 3.63) is 34.8 Å². The number of rotatable bonds is 3. The molecule has 7 nitrogen and oxygen atoms in total. The van der Waals surface area contributed by atoms with Crippen LogP contribution in [-0.2, 0) is 0 Å². The summed E-state index contributed by atoms with van der Waals surface area (Å²) in [7, 11) is 3.94. The summed E-state index contributed by atoms with van der Waals surface area (Å²) in [6.07, 6.45) is 1.73. The number of furan rings is 1. The zero-order valence-electron chi connectivity index (χ0n) is 13.1. The average Bonchev–Trinajstić information content (AvgIpc) is 3.01. The number of amides is 1. The van der Waals surface area contributed by atoms with Crippen LogP contribution in [0.15, 0.2) is 33.5 Å². The fraction of sp³-hybridized carbons (Fsp3) is 0.400. The van der Waals surface area contributed by atoms with E-state index in [1.165, 1.54) is 0 Å². The molecule has 0 unspecified atom stereocenters. The van der Waals surface area contributed by atoms with Crippen molar-refractivity contribution in [2.45, 2.75) is 0 Å². The van der Waals surface area contributed by atoms with Gasteiger partial charge >= 0.3 is 0 Å². The van der Waals surface area contributed by atoms with E-state index in [-0.39, 0.29) is 5.91 Å². The summed E-state index contributed by atoms with van der Waals surface area (Å²) in [5, 5.41) is 8.25. The van der Waals surface area contributed by atoms with Gasteiger partial charge in [0.15, 0.2) is 16.2 Å². The Morgan fingerprint density at radius 3 is 2.61 bits per heavy atom. The van der Waals surface area contributed by atoms with Crippen LogP contribution in [0.5, 0.6) is 0 Å². The normalized spacial score (nSPS) is 14.9. The third kappa shape index (κ3) is 3.47. The van der Waals surface area contributed by atoms with Gasteiger partial charge in [-0.3, -0.25) is 4.79 Å². The third-order valence-corrected chi connectivity index (χ3v) is 4.24. The Morgan fingerprint density at radius 1 is 1.26 bits per heavy atom. The maximum absolute atomic E-state index is 12.4. The Bertz CT molecular complexity index is 695. The molecule has 23 heavy (non-hydrogen) atoms. The van der Waals surface area contributed by atoms with E-state index in [4.69, 9.17) is 4.42 Å². The minimum Gasteiger partial charge on any atom is -0.444 e. The number of carbonyl (C=O) groups is 1. The summed E-state index contributed by atoms with van der Waals surface area (Å²) in [4.78, 5) is 18.3. The lowest BCUT2D eigenvalue weighted by Gasteiger charge is -2.35. The van der Waals surface area contributed by atoms with E-state index < -0.39 is 0 Å². The maximum Gasteiger partial charge on any atom is 0.289 e. The molecule has 8 heteroatoms. The van der Waals surface area contributed by atoms with Gasteiger partial charge in [-0.2, -0.15) is 5.10 Å². The molecule has 0 spiro atoms. The second-order valence-corrected chi connectivity index (χ2v) is 6.33. The Morgan fingerprint density at radius 2 is 2.00 bits per heavy atom. The van der Waals surface area contributed by atoms with Crippen LogP contribution in [-0.4, -0.2) is 61.3 Å². The van der Waals surface area contributed by atoms with Crippen molar-refractivity contribution in [3.8, 4) is 0 Å². The minimum atomic E-state index is -0.0801. The second-order valence-electron chi connectivity index (χ2n) is 5.55. The highest BCUT2D eigenvalue weighted by Crippen LogP contribution is 2.20. The Hall–Kier alpha value is -2.09. The van der Waals surface area contributed by atoms with Crippen molar-refractivity contribution in [2.75, 3.05) is 50.1 Å². The van der Waals surface area contributed by atoms with Crippen molar-refractivity contribution in [3.63, 3.8) is 0 Å². The van der Waals surface area contributed by atoms with Crippen LogP contribution in [0.25, 0.3) is 0 Å². The monoisotopic (exact) mass is 379 g/mol. The smallest absolute Gasteiger partial charge is 0.289 e. The van der Waals surface area contributed by atoms with Gasteiger partial charge in [0.05, 0.1) is 11.9 Å². The molecule has 0 radical (unpaired) electrons. The first-order chi connectivity index (χ1) is 11.0. The van der Waals surface area contributed by atoms with Crippen LogP contribution in [0.3, 0.4) is 0 Å². The average molecular weight is 380 g/mol. The van der Waals surface area contributed by atoms with Gasteiger partial charge < -0.3 is 19.1 Å². The number of halogens is 1. The quantitative estimate of drug-likeness (QED) is 0.810. The Kier molecular flexibility index (Phi) is 4.51. The van der Waals surface area contributed by atoms with Gasteiger partial charge in [-0.15, -0.1) is 5.10 Å². The lowest BCUT2D eigenvalue weighted by molar-refractivity contribution is 0.0713. The van der Waals surface area contributed by atoms with Crippen molar-refractivity contribution < 1.29 is 9.21 Å². The first-order valence-electron chi connectivity index (χ1n) is 7.34. The Labute approximate surface area is 143 Å². The van der Waals surface area contributed by atoms with Crippen LogP contribution in [0.2, 0.25) is 0 Å². The first-order valence-corrected chi connectivity index (χ1v) is 8.13. The highest BCUT2D eigenvalue weighted by Gasteiger charge is 2.25.